The number of fused-ring (bicyclic) bond motifs is 1. The number of nitrogens with one attached hydrogen (secondary N) is 1. The van der Waals surface area contributed by atoms with Crippen LogP contribution in [0.3, 0.4) is 0 Å². The monoisotopic (exact) mass is 267 g/mol. The Hall–Kier alpha value is -1.59. The number of hydrogen-bond donors (Lipinski definition) is 2. The highest BCUT2D eigenvalue weighted by molar-refractivity contribution is 6.32. The summed E-state index contributed by atoms with van der Waals surface area (Å²) < 4.78 is 1.64. The van der Waals surface area contributed by atoms with Gasteiger partial charge in [0.25, 0.3) is 5.91 Å². The Kier molecular flexibility index (Phi) is 3.84. The summed E-state index contributed by atoms with van der Waals surface area (Å²) in [6.07, 6.45) is 2.24. The smallest absolute Gasteiger partial charge is 0.271 e. The van der Waals surface area contributed by atoms with E-state index in [4.69, 9.17) is 16.7 Å². The Bertz CT molecular complexity index is 567. The SMILES string of the molecule is CC(CCO)NC(=O)c1c(Cl)nc2ccccn12. The van der Waals surface area contributed by atoms with Gasteiger partial charge in [-0.2, -0.15) is 0 Å². The van der Waals surface area contributed by atoms with Gasteiger partial charge >= 0.3 is 0 Å². The average Bonchev–Trinajstić information content (AvgIpc) is 2.64. The van der Waals surface area contributed by atoms with Crippen molar-refractivity contribution in [2.75, 3.05) is 6.61 Å². The highest BCUT2D eigenvalue weighted by Gasteiger charge is 2.18. The molecule has 1 atom stereocenters. The van der Waals surface area contributed by atoms with Crippen molar-refractivity contribution in [2.24, 2.45) is 0 Å². The zero-order chi connectivity index (χ0) is 13.1. The molecular formula is C12H14ClN3O2. The van der Waals surface area contributed by atoms with E-state index in [0.29, 0.717) is 17.8 Å². The molecule has 6 heteroatoms. The van der Waals surface area contributed by atoms with Gasteiger partial charge in [-0.15, -0.1) is 0 Å². The van der Waals surface area contributed by atoms with Crippen LogP contribution < -0.4 is 5.32 Å². The molecule has 0 aliphatic rings. The summed E-state index contributed by atoms with van der Waals surface area (Å²) >= 11 is 5.98. The molecule has 0 radical (unpaired) electrons. The number of pyridine rings is 1. The average molecular weight is 268 g/mol. The maximum Gasteiger partial charge on any atom is 0.271 e. The second kappa shape index (κ2) is 5.37. The Morgan fingerprint density at radius 2 is 2.39 bits per heavy atom. The van der Waals surface area contributed by atoms with Crippen LogP contribution in [0.5, 0.6) is 0 Å². The number of carbonyl (C=O) groups excluding carboxylic acids is 1. The first-order chi connectivity index (χ1) is 8.63. The molecular weight excluding hydrogens is 254 g/mol. The first-order valence-electron chi connectivity index (χ1n) is 5.67. The highest BCUT2D eigenvalue weighted by Crippen LogP contribution is 2.17. The fourth-order valence-corrected chi connectivity index (χ4v) is 1.99. The van der Waals surface area contributed by atoms with Gasteiger partial charge in [0.2, 0.25) is 0 Å². The van der Waals surface area contributed by atoms with E-state index < -0.39 is 0 Å². The molecule has 1 amide bonds. The summed E-state index contributed by atoms with van der Waals surface area (Å²) in [5, 5.41) is 11.8. The van der Waals surface area contributed by atoms with Crippen LogP contribution in [-0.2, 0) is 0 Å². The highest BCUT2D eigenvalue weighted by atomic mass is 35.5. The molecule has 0 spiro atoms. The topological polar surface area (TPSA) is 66.6 Å². The number of imidazole rings is 1. The van der Waals surface area contributed by atoms with E-state index in [1.807, 2.05) is 13.0 Å². The van der Waals surface area contributed by atoms with Gasteiger partial charge in [-0.05, 0) is 25.5 Å². The van der Waals surface area contributed by atoms with E-state index in [1.54, 1.807) is 22.7 Å². The first-order valence-corrected chi connectivity index (χ1v) is 6.05. The van der Waals surface area contributed by atoms with Crippen molar-refractivity contribution in [1.82, 2.24) is 14.7 Å². The van der Waals surface area contributed by atoms with Crippen molar-refractivity contribution in [2.45, 2.75) is 19.4 Å². The van der Waals surface area contributed by atoms with Gasteiger partial charge in [0, 0.05) is 18.8 Å². The number of nitrogens with zero attached hydrogens (tertiary/aromatic N) is 2. The van der Waals surface area contributed by atoms with E-state index in [9.17, 15) is 4.79 Å². The number of aliphatic hydroxyl groups excluding tert-OH is 1. The summed E-state index contributed by atoms with van der Waals surface area (Å²) in [6.45, 7) is 1.85. The number of carbonyl (C=O) groups is 1. The molecule has 2 aromatic rings. The van der Waals surface area contributed by atoms with Crippen molar-refractivity contribution < 1.29 is 9.90 Å². The molecule has 0 aromatic carbocycles. The molecule has 0 saturated carbocycles. The van der Waals surface area contributed by atoms with Gasteiger partial charge < -0.3 is 10.4 Å². The largest absolute Gasteiger partial charge is 0.396 e. The number of aromatic nitrogens is 2. The van der Waals surface area contributed by atoms with E-state index in [0.717, 1.165) is 0 Å². The fraction of sp³-hybridized carbons (Fsp3) is 0.333. The van der Waals surface area contributed by atoms with Crippen LogP contribution in [0, 0.1) is 0 Å². The second-order valence-electron chi connectivity index (χ2n) is 4.07. The Labute approximate surface area is 109 Å². The van der Waals surface area contributed by atoms with Gasteiger partial charge in [0.1, 0.15) is 5.65 Å². The minimum absolute atomic E-state index is 0.0301. The number of amides is 1. The van der Waals surface area contributed by atoms with Gasteiger partial charge in [-0.3, -0.25) is 9.20 Å². The minimum atomic E-state index is -0.292. The Morgan fingerprint density at radius 1 is 1.61 bits per heavy atom. The second-order valence-corrected chi connectivity index (χ2v) is 4.42. The summed E-state index contributed by atoms with van der Waals surface area (Å²) in [6, 6.07) is 5.29. The molecule has 2 aromatic heterocycles. The molecule has 0 aliphatic carbocycles. The fourth-order valence-electron chi connectivity index (χ4n) is 1.73. The third kappa shape index (κ3) is 2.47. The quantitative estimate of drug-likeness (QED) is 0.882. The minimum Gasteiger partial charge on any atom is -0.396 e. The Balaban J connectivity index is 2.30. The summed E-state index contributed by atoms with van der Waals surface area (Å²) in [4.78, 5) is 16.2. The van der Waals surface area contributed by atoms with Crippen molar-refractivity contribution >= 4 is 23.2 Å². The van der Waals surface area contributed by atoms with E-state index in [2.05, 4.69) is 10.3 Å². The third-order valence-corrected chi connectivity index (χ3v) is 2.91. The van der Waals surface area contributed by atoms with Gasteiger partial charge in [-0.1, -0.05) is 17.7 Å². The molecule has 18 heavy (non-hydrogen) atoms. The maximum atomic E-state index is 12.1. The lowest BCUT2D eigenvalue weighted by Gasteiger charge is -2.12. The normalized spacial score (nSPS) is 12.6. The standard InChI is InChI=1S/C12H14ClN3O2/c1-8(5-7-17)14-12(18)10-11(13)15-9-4-2-3-6-16(9)10/h2-4,6,8,17H,5,7H2,1H3,(H,14,18). The van der Waals surface area contributed by atoms with Crippen LogP contribution in [0.2, 0.25) is 5.15 Å². The number of hydrogen-bond acceptors (Lipinski definition) is 3. The number of halogens is 1. The lowest BCUT2D eigenvalue weighted by atomic mass is 10.2. The van der Waals surface area contributed by atoms with Crippen molar-refractivity contribution in [3.05, 3.63) is 35.2 Å². The van der Waals surface area contributed by atoms with Gasteiger partial charge in [0.05, 0.1) is 0 Å². The van der Waals surface area contributed by atoms with Gasteiger partial charge in [0.15, 0.2) is 10.8 Å². The predicted octanol–water partition coefficient (Wildman–Crippen LogP) is 1.49. The van der Waals surface area contributed by atoms with Gasteiger partial charge in [-0.25, -0.2) is 4.98 Å². The molecule has 0 bridgehead atoms. The summed E-state index contributed by atoms with van der Waals surface area (Å²) in [5.74, 6) is -0.292. The van der Waals surface area contributed by atoms with Crippen LogP contribution in [0.25, 0.3) is 5.65 Å². The molecule has 96 valence electrons. The van der Waals surface area contributed by atoms with Crippen LogP contribution in [0.1, 0.15) is 23.8 Å². The molecule has 2 heterocycles. The number of rotatable bonds is 4. The summed E-state index contributed by atoms with van der Waals surface area (Å²) in [5.41, 5.74) is 0.944. The molecule has 1 unspecified atom stereocenters. The molecule has 0 fully saturated rings. The number of aliphatic hydroxyl groups is 1. The van der Waals surface area contributed by atoms with Crippen LogP contribution in [0.15, 0.2) is 24.4 Å². The van der Waals surface area contributed by atoms with Crippen LogP contribution in [-0.4, -0.2) is 33.0 Å². The van der Waals surface area contributed by atoms with E-state index >= 15 is 0 Å². The molecule has 5 nitrogen and oxygen atoms in total. The van der Waals surface area contributed by atoms with E-state index in [1.165, 1.54) is 0 Å². The van der Waals surface area contributed by atoms with Crippen molar-refractivity contribution in [3.8, 4) is 0 Å². The molecule has 0 saturated heterocycles. The summed E-state index contributed by atoms with van der Waals surface area (Å²) in [7, 11) is 0. The maximum absolute atomic E-state index is 12.1. The molecule has 0 aliphatic heterocycles. The zero-order valence-corrected chi connectivity index (χ0v) is 10.7. The molecule has 2 N–H and O–H groups in total. The lowest BCUT2D eigenvalue weighted by molar-refractivity contribution is 0.0928. The first kappa shape index (κ1) is 12.9. The van der Waals surface area contributed by atoms with Crippen LogP contribution in [0.4, 0.5) is 0 Å². The van der Waals surface area contributed by atoms with Crippen molar-refractivity contribution in [1.29, 1.82) is 0 Å². The lowest BCUT2D eigenvalue weighted by Crippen LogP contribution is -2.34. The Morgan fingerprint density at radius 3 is 3.11 bits per heavy atom. The molecule has 2 rings (SSSR count). The third-order valence-electron chi connectivity index (χ3n) is 2.64. The van der Waals surface area contributed by atoms with E-state index in [-0.39, 0.29) is 23.7 Å². The zero-order valence-electron chi connectivity index (χ0n) is 9.93. The van der Waals surface area contributed by atoms with Crippen LogP contribution >= 0.6 is 11.6 Å². The van der Waals surface area contributed by atoms with Crippen molar-refractivity contribution in [3.63, 3.8) is 0 Å². The predicted molar refractivity (Wildman–Crippen MR) is 68.8 cm³/mol.